The molecular weight excluding hydrogens is 162 g/mol. The maximum absolute atomic E-state index is 11.5. The van der Waals surface area contributed by atoms with Crippen molar-refractivity contribution in [3.05, 3.63) is 0 Å². The minimum absolute atomic E-state index is 0.100. The van der Waals surface area contributed by atoms with Crippen LogP contribution in [0.2, 0.25) is 0 Å². The molecule has 2 nitrogen and oxygen atoms in total. The summed E-state index contributed by atoms with van der Waals surface area (Å²) in [4.78, 5) is 11.5. The average molecular weight is 183 g/mol. The Morgan fingerprint density at radius 3 is 2.23 bits per heavy atom. The summed E-state index contributed by atoms with van der Waals surface area (Å²) in [6, 6.07) is 0.419. The van der Waals surface area contributed by atoms with Crippen LogP contribution in [0.25, 0.3) is 0 Å². The predicted molar refractivity (Wildman–Crippen MR) is 54.4 cm³/mol. The lowest BCUT2D eigenvalue weighted by Gasteiger charge is -2.17. The molecule has 13 heavy (non-hydrogen) atoms. The smallest absolute Gasteiger partial charge is 0.220 e. The van der Waals surface area contributed by atoms with Crippen LogP contribution in [-0.4, -0.2) is 11.9 Å². The Bertz CT molecular complexity index is 213. The molecule has 1 aliphatic carbocycles. The molecule has 0 aromatic carbocycles. The Morgan fingerprint density at radius 1 is 1.46 bits per heavy atom. The molecule has 0 aromatic heterocycles. The van der Waals surface area contributed by atoms with Crippen molar-refractivity contribution in [2.75, 3.05) is 0 Å². The monoisotopic (exact) mass is 183 g/mol. The molecule has 0 spiro atoms. The zero-order valence-electron chi connectivity index (χ0n) is 9.40. The Kier molecular flexibility index (Phi) is 2.44. The molecule has 1 rings (SSSR count). The predicted octanol–water partition coefficient (Wildman–Crippen LogP) is 2.34. The topological polar surface area (TPSA) is 29.1 Å². The van der Waals surface area contributed by atoms with Gasteiger partial charge >= 0.3 is 0 Å². The van der Waals surface area contributed by atoms with Gasteiger partial charge in [0, 0.05) is 12.5 Å². The van der Waals surface area contributed by atoms with Crippen molar-refractivity contribution >= 4 is 5.91 Å². The van der Waals surface area contributed by atoms with Crippen LogP contribution in [0, 0.1) is 10.8 Å². The number of nitrogens with one attached hydrogen (secondary N) is 1. The Morgan fingerprint density at radius 2 is 1.92 bits per heavy atom. The second-order valence-electron chi connectivity index (χ2n) is 6.05. The summed E-state index contributed by atoms with van der Waals surface area (Å²) in [5.41, 5.74) is 0.441. The quantitative estimate of drug-likeness (QED) is 0.699. The van der Waals surface area contributed by atoms with Crippen molar-refractivity contribution in [1.29, 1.82) is 0 Å². The van der Waals surface area contributed by atoms with E-state index in [9.17, 15) is 4.79 Å². The van der Waals surface area contributed by atoms with E-state index in [1.165, 1.54) is 0 Å². The van der Waals surface area contributed by atoms with Gasteiger partial charge < -0.3 is 5.32 Å². The van der Waals surface area contributed by atoms with Gasteiger partial charge in [0.1, 0.15) is 0 Å². The van der Waals surface area contributed by atoms with Gasteiger partial charge in [-0.2, -0.15) is 0 Å². The van der Waals surface area contributed by atoms with Crippen LogP contribution in [0.1, 0.15) is 47.5 Å². The molecule has 0 saturated heterocycles. The van der Waals surface area contributed by atoms with Crippen molar-refractivity contribution in [2.24, 2.45) is 10.8 Å². The van der Waals surface area contributed by atoms with Crippen LogP contribution in [0.15, 0.2) is 0 Å². The SMILES string of the molecule is CC(C)(C)CC(=O)NC1CC1(C)C. The zero-order valence-corrected chi connectivity index (χ0v) is 9.40. The molecule has 1 atom stereocenters. The first-order valence-corrected chi connectivity index (χ1v) is 5.00. The highest BCUT2D eigenvalue weighted by Gasteiger charge is 2.46. The lowest BCUT2D eigenvalue weighted by atomic mass is 9.92. The summed E-state index contributed by atoms with van der Waals surface area (Å²) in [5.74, 6) is 0.197. The first-order chi connectivity index (χ1) is 5.71. The van der Waals surface area contributed by atoms with Gasteiger partial charge in [0.2, 0.25) is 5.91 Å². The van der Waals surface area contributed by atoms with E-state index in [-0.39, 0.29) is 11.3 Å². The number of amides is 1. The molecule has 2 heteroatoms. The van der Waals surface area contributed by atoms with E-state index in [1.54, 1.807) is 0 Å². The van der Waals surface area contributed by atoms with Crippen LogP contribution in [0.5, 0.6) is 0 Å². The summed E-state index contributed by atoms with van der Waals surface area (Å²) in [5, 5.41) is 3.06. The Labute approximate surface area is 81.1 Å². The molecule has 0 aliphatic heterocycles. The number of hydrogen-bond acceptors (Lipinski definition) is 1. The van der Waals surface area contributed by atoms with Crippen LogP contribution < -0.4 is 5.32 Å². The van der Waals surface area contributed by atoms with Crippen molar-refractivity contribution in [3.63, 3.8) is 0 Å². The third-order valence-electron chi connectivity index (χ3n) is 2.54. The fourth-order valence-corrected chi connectivity index (χ4v) is 1.44. The molecule has 1 unspecified atom stereocenters. The van der Waals surface area contributed by atoms with Gasteiger partial charge in [-0.05, 0) is 17.3 Å². The first kappa shape index (κ1) is 10.6. The summed E-state index contributed by atoms with van der Waals surface area (Å²) in [7, 11) is 0. The van der Waals surface area contributed by atoms with Gasteiger partial charge in [0.05, 0.1) is 0 Å². The van der Waals surface area contributed by atoms with E-state index >= 15 is 0 Å². The van der Waals surface area contributed by atoms with Gasteiger partial charge in [-0.1, -0.05) is 34.6 Å². The zero-order chi connectivity index (χ0) is 10.3. The van der Waals surface area contributed by atoms with Gasteiger partial charge in [0.15, 0.2) is 0 Å². The van der Waals surface area contributed by atoms with Gasteiger partial charge in [-0.15, -0.1) is 0 Å². The standard InChI is InChI=1S/C11H21NO/c1-10(2,3)7-9(13)12-8-6-11(8,4)5/h8H,6-7H2,1-5H3,(H,12,13). The summed E-state index contributed by atoms with van der Waals surface area (Å²) >= 11 is 0. The van der Waals surface area contributed by atoms with E-state index in [0.29, 0.717) is 17.9 Å². The molecule has 1 fully saturated rings. The van der Waals surface area contributed by atoms with Crippen molar-refractivity contribution in [1.82, 2.24) is 5.32 Å². The molecule has 0 aromatic rings. The highest BCUT2D eigenvalue weighted by molar-refractivity contribution is 5.77. The second kappa shape index (κ2) is 3.00. The molecule has 1 amide bonds. The molecule has 76 valence electrons. The fourth-order valence-electron chi connectivity index (χ4n) is 1.44. The maximum atomic E-state index is 11.5. The maximum Gasteiger partial charge on any atom is 0.220 e. The number of rotatable bonds is 2. The lowest BCUT2D eigenvalue weighted by molar-refractivity contribution is -0.123. The normalized spacial score (nSPS) is 25.5. The van der Waals surface area contributed by atoms with E-state index in [0.717, 1.165) is 6.42 Å². The van der Waals surface area contributed by atoms with E-state index in [1.807, 2.05) is 0 Å². The van der Waals surface area contributed by atoms with Crippen LogP contribution in [0.3, 0.4) is 0 Å². The van der Waals surface area contributed by atoms with Crippen molar-refractivity contribution < 1.29 is 4.79 Å². The van der Waals surface area contributed by atoms with Gasteiger partial charge in [-0.3, -0.25) is 4.79 Å². The molecule has 1 saturated carbocycles. The molecule has 0 bridgehead atoms. The summed E-state index contributed by atoms with van der Waals surface area (Å²) < 4.78 is 0. The molecule has 0 heterocycles. The number of carbonyl (C=O) groups is 1. The number of hydrogen-bond donors (Lipinski definition) is 1. The highest BCUT2D eigenvalue weighted by atomic mass is 16.1. The van der Waals surface area contributed by atoms with E-state index < -0.39 is 0 Å². The van der Waals surface area contributed by atoms with E-state index in [4.69, 9.17) is 0 Å². The van der Waals surface area contributed by atoms with E-state index in [2.05, 4.69) is 39.9 Å². The fraction of sp³-hybridized carbons (Fsp3) is 0.909. The van der Waals surface area contributed by atoms with Crippen LogP contribution in [0.4, 0.5) is 0 Å². The van der Waals surface area contributed by atoms with Crippen LogP contribution in [-0.2, 0) is 4.79 Å². The third kappa shape index (κ3) is 3.37. The highest BCUT2D eigenvalue weighted by Crippen LogP contribution is 2.44. The van der Waals surface area contributed by atoms with Gasteiger partial charge in [-0.25, -0.2) is 0 Å². The molecule has 0 radical (unpaired) electrons. The number of carbonyl (C=O) groups excluding carboxylic acids is 1. The van der Waals surface area contributed by atoms with Crippen molar-refractivity contribution in [2.45, 2.75) is 53.5 Å². The first-order valence-electron chi connectivity index (χ1n) is 5.00. The average Bonchev–Trinajstić information content (AvgIpc) is 2.32. The third-order valence-corrected chi connectivity index (χ3v) is 2.54. The largest absolute Gasteiger partial charge is 0.353 e. The molecular formula is C11H21NO. The summed E-state index contributed by atoms with van der Waals surface area (Å²) in [6.07, 6.45) is 1.75. The van der Waals surface area contributed by atoms with Crippen molar-refractivity contribution in [3.8, 4) is 0 Å². The Balaban J connectivity index is 2.28. The van der Waals surface area contributed by atoms with Gasteiger partial charge in [0.25, 0.3) is 0 Å². The molecule has 1 aliphatic rings. The molecule has 1 N–H and O–H groups in total. The summed E-state index contributed by atoms with van der Waals surface area (Å²) in [6.45, 7) is 10.6. The second-order valence-corrected chi connectivity index (χ2v) is 6.05. The minimum atomic E-state index is 0.100. The Hall–Kier alpha value is -0.530. The minimum Gasteiger partial charge on any atom is -0.353 e. The lowest BCUT2D eigenvalue weighted by Crippen LogP contribution is -2.31. The van der Waals surface area contributed by atoms with Crippen LogP contribution >= 0.6 is 0 Å².